The van der Waals surface area contributed by atoms with E-state index < -0.39 is 0 Å². The van der Waals surface area contributed by atoms with Gasteiger partial charge in [0, 0.05) is 10.9 Å². The minimum absolute atomic E-state index is 0.685. The zero-order chi connectivity index (χ0) is 14.4. The zero-order valence-electron chi connectivity index (χ0n) is 12.2. The van der Waals surface area contributed by atoms with Crippen LogP contribution in [0.3, 0.4) is 0 Å². The van der Waals surface area contributed by atoms with E-state index in [1.807, 2.05) is 18.2 Å². The molecule has 0 amide bonds. The van der Waals surface area contributed by atoms with Crippen molar-refractivity contribution in [3.63, 3.8) is 0 Å². The number of unbranched alkanes of at least 4 members (excludes halogenated alkanes) is 2. The van der Waals surface area contributed by atoms with Crippen molar-refractivity contribution in [3.05, 3.63) is 28.6 Å². The first-order chi connectivity index (χ1) is 9.74. The van der Waals surface area contributed by atoms with Crippen LogP contribution >= 0.6 is 11.3 Å². The number of nitrogen functional groups attached to an aromatic ring is 1. The monoisotopic (exact) mass is 290 g/mol. The maximum absolute atomic E-state index is 6.06. The van der Waals surface area contributed by atoms with Crippen molar-refractivity contribution in [3.8, 4) is 17.0 Å². The van der Waals surface area contributed by atoms with E-state index in [1.165, 1.54) is 12.8 Å². The van der Waals surface area contributed by atoms with E-state index in [0.29, 0.717) is 5.69 Å². The van der Waals surface area contributed by atoms with Crippen LogP contribution in [-0.2, 0) is 6.42 Å². The van der Waals surface area contributed by atoms with Gasteiger partial charge in [-0.15, -0.1) is 11.3 Å². The Balaban J connectivity index is 2.05. The number of rotatable bonds is 7. The van der Waals surface area contributed by atoms with E-state index in [0.717, 1.165) is 41.5 Å². The van der Waals surface area contributed by atoms with Crippen LogP contribution in [0.2, 0.25) is 0 Å². The molecule has 0 aliphatic heterocycles. The summed E-state index contributed by atoms with van der Waals surface area (Å²) in [6, 6.07) is 5.92. The molecule has 0 radical (unpaired) electrons. The van der Waals surface area contributed by atoms with E-state index in [2.05, 4.69) is 24.2 Å². The van der Waals surface area contributed by atoms with Gasteiger partial charge in [0.15, 0.2) is 0 Å². The molecule has 0 spiro atoms. The van der Waals surface area contributed by atoms with Gasteiger partial charge in [-0.3, -0.25) is 0 Å². The molecule has 0 aliphatic carbocycles. The number of hydrogen-bond acceptors (Lipinski definition) is 4. The Hall–Kier alpha value is -1.55. The van der Waals surface area contributed by atoms with E-state index in [1.54, 1.807) is 11.3 Å². The first-order valence-electron chi connectivity index (χ1n) is 7.21. The molecule has 0 unspecified atom stereocenters. The van der Waals surface area contributed by atoms with E-state index in [-0.39, 0.29) is 0 Å². The number of thiazole rings is 1. The smallest absolute Gasteiger partial charge is 0.142 e. The van der Waals surface area contributed by atoms with Gasteiger partial charge in [-0.25, -0.2) is 4.98 Å². The first kappa shape index (κ1) is 14.9. The Morgan fingerprint density at radius 3 is 2.75 bits per heavy atom. The van der Waals surface area contributed by atoms with Gasteiger partial charge in [-0.2, -0.15) is 0 Å². The molecule has 1 aromatic carbocycles. The van der Waals surface area contributed by atoms with Crippen LogP contribution < -0.4 is 10.5 Å². The van der Waals surface area contributed by atoms with Gasteiger partial charge in [-0.1, -0.05) is 26.7 Å². The number of benzene rings is 1. The van der Waals surface area contributed by atoms with Gasteiger partial charge in [-0.05, 0) is 31.0 Å². The minimum Gasteiger partial charge on any atom is -0.491 e. The quantitative estimate of drug-likeness (QED) is 0.602. The summed E-state index contributed by atoms with van der Waals surface area (Å²) in [4.78, 5) is 4.58. The minimum atomic E-state index is 0.685. The Bertz CT molecular complexity index is 551. The summed E-state index contributed by atoms with van der Waals surface area (Å²) < 4.78 is 5.71. The number of aromatic nitrogens is 1. The van der Waals surface area contributed by atoms with Crippen LogP contribution in [0.25, 0.3) is 11.3 Å². The highest BCUT2D eigenvalue weighted by molar-refractivity contribution is 7.09. The molecule has 20 heavy (non-hydrogen) atoms. The zero-order valence-corrected chi connectivity index (χ0v) is 13.0. The average Bonchev–Trinajstić information content (AvgIpc) is 2.94. The summed E-state index contributed by atoms with van der Waals surface area (Å²) in [5.41, 5.74) is 8.80. The third-order valence-corrected chi connectivity index (χ3v) is 4.16. The number of anilines is 1. The molecule has 0 saturated carbocycles. The van der Waals surface area contributed by atoms with Crippen LogP contribution in [0.1, 0.15) is 38.1 Å². The summed E-state index contributed by atoms with van der Waals surface area (Å²) in [5.74, 6) is 0.774. The van der Waals surface area contributed by atoms with Gasteiger partial charge in [0.25, 0.3) is 0 Å². The molecule has 0 bridgehead atoms. The Morgan fingerprint density at radius 2 is 2.10 bits per heavy atom. The summed E-state index contributed by atoms with van der Waals surface area (Å²) in [6.07, 6.45) is 4.43. The van der Waals surface area contributed by atoms with Crippen molar-refractivity contribution in [2.24, 2.45) is 0 Å². The molecule has 2 aromatic rings. The highest BCUT2D eigenvalue weighted by atomic mass is 32.1. The van der Waals surface area contributed by atoms with E-state index in [9.17, 15) is 0 Å². The van der Waals surface area contributed by atoms with Crippen molar-refractivity contribution < 1.29 is 4.74 Å². The Morgan fingerprint density at radius 1 is 1.25 bits per heavy atom. The second kappa shape index (κ2) is 7.29. The predicted octanol–water partition coefficient (Wildman–Crippen LogP) is 4.52. The molecular formula is C16H22N2OS. The summed E-state index contributed by atoms with van der Waals surface area (Å²) in [5, 5.41) is 3.23. The Labute approximate surface area is 124 Å². The molecule has 108 valence electrons. The van der Waals surface area contributed by atoms with Crippen molar-refractivity contribution >= 4 is 17.0 Å². The topological polar surface area (TPSA) is 48.1 Å². The van der Waals surface area contributed by atoms with E-state index in [4.69, 9.17) is 10.5 Å². The second-order valence-corrected chi connectivity index (χ2v) is 5.73. The van der Waals surface area contributed by atoms with Gasteiger partial charge >= 0.3 is 0 Å². The molecule has 2 rings (SSSR count). The molecule has 4 heteroatoms. The van der Waals surface area contributed by atoms with E-state index >= 15 is 0 Å². The van der Waals surface area contributed by atoms with Crippen molar-refractivity contribution in [2.45, 2.75) is 39.5 Å². The molecule has 0 aliphatic rings. The number of aryl methyl sites for hydroxylation is 1. The molecular weight excluding hydrogens is 268 g/mol. The second-order valence-electron chi connectivity index (χ2n) is 4.79. The molecule has 3 nitrogen and oxygen atoms in total. The highest BCUT2D eigenvalue weighted by Gasteiger charge is 2.07. The fourth-order valence-corrected chi connectivity index (χ4v) is 2.73. The van der Waals surface area contributed by atoms with Crippen molar-refractivity contribution in [1.29, 1.82) is 0 Å². The van der Waals surface area contributed by atoms with Crippen LogP contribution in [0.5, 0.6) is 5.75 Å². The number of hydrogen-bond donors (Lipinski definition) is 1. The van der Waals surface area contributed by atoms with Crippen molar-refractivity contribution in [1.82, 2.24) is 4.98 Å². The first-order valence-corrected chi connectivity index (χ1v) is 8.09. The molecule has 0 saturated heterocycles. The number of ether oxygens (including phenoxy) is 1. The van der Waals surface area contributed by atoms with Gasteiger partial charge in [0.05, 0.1) is 23.0 Å². The number of nitrogens with two attached hydrogens (primary N) is 1. The average molecular weight is 290 g/mol. The van der Waals surface area contributed by atoms with Crippen LogP contribution in [-0.4, -0.2) is 11.6 Å². The fourth-order valence-electron chi connectivity index (χ4n) is 1.98. The largest absolute Gasteiger partial charge is 0.491 e. The molecule has 1 aromatic heterocycles. The standard InChI is InChI=1S/C16H22N2OS/c1-3-5-6-9-19-15-8-7-12(10-13(15)17)14-11-20-16(4-2)18-14/h7-8,10-11H,3-6,9,17H2,1-2H3. The SMILES string of the molecule is CCCCCOc1ccc(-c2csc(CC)n2)cc1N. The normalized spacial score (nSPS) is 10.7. The lowest BCUT2D eigenvalue weighted by atomic mass is 10.1. The lowest BCUT2D eigenvalue weighted by molar-refractivity contribution is 0.308. The molecule has 0 atom stereocenters. The molecule has 1 heterocycles. The van der Waals surface area contributed by atoms with Gasteiger partial charge < -0.3 is 10.5 Å². The maximum Gasteiger partial charge on any atom is 0.142 e. The van der Waals surface area contributed by atoms with Gasteiger partial charge in [0.2, 0.25) is 0 Å². The van der Waals surface area contributed by atoms with Crippen molar-refractivity contribution in [2.75, 3.05) is 12.3 Å². The maximum atomic E-state index is 6.06. The Kier molecular flexibility index (Phi) is 5.41. The molecule has 0 fully saturated rings. The van der Waals surface area contributed by atoms with Gasteiger partial charge in [0.1, 0.15) is 5.75 Å². The highest BCUT2D eigenvalue weighted by Crippen LogP contribution is 2.29. The van der Waals surface area contributed by atoms with Crippen LogP contribution in [0, 0.1) is 0 Å². The number of nitrogens with zero attached hydrogens (tertiary/aromatic N) is 1. The lowest BCUT2D eigenvalue weighted by Gasteiger charge is -2.09. The predicted molar refractivity (Wildman–Crippen MR) is 86.4 cm³/mol. The summed E-state index contributed by atoms with van der Waals surface area (Å²) in [7, 11) is 0. The summed E-state index contributed by atoms with van der Waals surface area (Å²) in [6.45, 7) is 5.03. The fraction of sp³-hybridized carbons (Fsp3) is 0.438. The lowest BCUT2D eigenvalue weighted by Crippen LogP contribution is -2.00. The van der Waals surface area contributed by atoms with Crippen LogP contribution in [0.4, 0.5) is 5.69 Å². The molecule has 2 N–H and O–H groups in total. The summed E-state index contributed by atoms with van der Waals surface area (Å²) >= 11 is 1.69. The third kappa shape index (κ3) is 3.73. The third-order valence-electron chi connectivity index (χ3n) is 3.17. The van der Waals surface area contributed by atoms with Crippen LogP contribution in [0.15, 0.2) is 23.6 Å².